The Morgan fingerprint density at radius 2 is 2.16 bits per heavy atom. The number of dihydropyridines is 1. The fraction of sp³-hybridized carbons (Fsp3) is 0.733. The van der Waals surface area contributed by atoms with Crippen molar-refractivity contribution in [2.75, 3.05) is 13.6 Å². The summed E-state index contributed by atoms with van der Waals surface area (Å²) in [5.74, 6) is 1.49. The molecule has 0 spiro atoms. The Morgan fingerprint density at radius 3 is 2.68 bits per heavy atom. The van der Waals surface area contributed by atoms with Gasteiger partial charge < -0.3 is 10.2 Å². The van der Waals surface area contributed by atoms with Gasteiger partial charge in [-0.25, -0.2) is 0 Å². The number of aliphatic imine (C=N–C) groups is 1. The van der Waals surface area contributed by atoms with Gasteiger partial charge in [-0.05, 0) is 39.5 Å². The molecule has 2 aliphatic rings. The molecular formula is C15H25N3O. The van der Waals surface area contributed by atoms with Crippen molar-refractivity contribution in [2.45, 2.75) is 52.1 Å². The lowest BCUT2D eigenvalue weighted by Crippen LogP contribution is -2.47. The van der Waals surface area contributed by atoms with Gasteiger partial charge in [0.2, 0.25) is 0 Å². The van der Waals surface area contributed by atoms with Crippen molar-refractivity contribution in [2.24, 2.45) is 10.9 Å². The van der Waals surface area contributed by atoms with Crippen LogP contribution in [0.5, 0.6) is 0 Å². The number of rotatable bonds is 1. The van der Waals surface area contributed by atoms with E-state index in [0.29, 0.717) is 5.92 Å². The number of carbonyl (C=O) groups excluding carboxylic acids is 1. The number of hydrogen-bond donors (Lipinski definition) is 1. The molecule has 1 saturated heterocycles. The van der Waals surface area contributed by atoms with Crippen molar-refractivity contribution >= 4 is 11.7 Å². The van der Waals surface area contributed by atoms with Gasteiger partial charge >= 0.3 is 0 Å². The van der Waals surface area contributed by atoms with Gasteiger partial charge in [0.05, 0.1) is 11.6 Å². The zero-order chi connectivity index (χ0) is 14.2. The van der Waals surface area contributed by atoms with Gasteiger partial charge in [0.15, 0.2) is 0 Å². The Labute approximate surface area is 116 Å². The van der Waals surface area contributed by atoms with Gasteiger partial charge in [-0.15, -0.1) is 0 Å². The molecule has 2 rings (SSSR count). The molecule has 0 radical (unpaired) electrons. The summed E-state index contributed by atoms with van der Waals surface area (Å²) in [4.78, 5) is 19.1. The molecule has 0 aromatic carbocycles. The van der Waals surface area contributed by atoms with Crippen molar-refractivity contribution < 1.29 is 4.79 Å². The monoisotopic (exact) mass is 263 g/mol. The number of likely N-dealkylation sites (N-methyl/N-ethyl adjacent to an activating group) is 1. The summed E-state index contributed by atoms with van der Waals surface area (Å²) in [5, 5.41) is 2.73. The topological polar surface area (TPSA) is 44.7 Å². The molecule has 0 bridgehead atoms. The van der Waals surface area contributed by atoms with E-state index >= 15 is 0 Å². The molecule has 2 aliphatic heterocycles. The third-order valence-electron chi connectivity index (χ3n) is 4.05. The summed E-state index contributed by atoms with van der Waals surface area (Å²) < 4.78 is 0. The molecule has 19 heavy (non-hydrogen) atoms. The van der Waals surface area contributed by atoms with Crippen LogP contribution in [0, 0.1) is 5.92 Å². The summed E-state index contributed by atoms with van der Waals surface area (Å²) in [6, 6.07) is 0.259. The lowest BCUT2D eigenvalue weighted by atomic mass is 9.96. The number of nitrogens with zero attached hydrogens (tertiary/aromatic N) is 2. The van der Waals surface area contributed by atoms with E-state index in [9.17, 15) is 4.79 Å². The summed E-state index contributed by atoms with van der Waals surface area (Å²) in [6.07, 6.45) is 4.02. The van der Waals surface area contributed by atoms with E-state index in [1.807, 2.05) is 6.08 Å². The van der Waals surface area contributed by atoms with Gasteiger partial charge in [0.1, 0.15) is 5.84 Å². The zero-order valence-electron chi connectivity index (χ0n) is 12.7. The maximum atomic E-state index is 12.0. The van der Waals surface area contributed by atoms with Crippen molar-refractivity contribution in [1.29, 1.82) is 0 Å². The molecule has 0 aromatic heterocycles. The standard InChI is InChI=1S/C15H25N3O/c1-10-8-15(3,4)18(9-10)13-12(14(19)16-5)7-6-11(2)17-13/h7,10-11H,6,8-9H2,1-5H3,(H,16,19)/t10-,11?/m0/s1. The second-order valence-electron chi connectivity index (χ2n) is 6.47. The molecule has 0 saturated carbocycles. The smallest absolute Gasteiger partial charge is 0.254 e. The first-order chi connectivity index (χ1) is 8.85. The van der Waals surface area contributed by atoms with E-state index in [1.54, 1.807) is 7.05 Å². The van der Waals surface area contributed by atoms with E-state index in [0.717, 1.165) is 30.8 Å². The number of hydrogen-bond acceptors (Lipinski definition) is 3. The second-order valence-corrected chi connectivity index (χ2v) is 6.47. The van der Waals surface area contributed by atoms with Crippen LogP contribution in [0.4, 0.5) is 0 Å². The van der Waals surface area contributed by atoms with E-state index in [2.05, 4.69) is 37.9 Å². The van der Waals surface area contributed by atoms with Gasteiger partial charge in [0.25, 0.3) is 5.91 Å². The number of amides is 1. The number of likely N-dealkylation sites (tertiary alicyclic amines) is 1. The second kappa shape index (κ2) is 4.99. The highest BCUT2D eigenvalue weighted by Crippen LogP contribution is 2.35. The van der Waals surface area contributed by atoms with Crippen LogP contribution in [-0.4, -0.2) is 41.8 Å². The van der Waals surface area contributed by atoms with Crippen molar-refractivity contribution in [3.8, 4) is 0 Å². The Hall–Kier alpha value is -1.32. The van der Waals surface area contributed by atoms with Crippen LogP contribution in [0.3, 0.4) is 0 Å². The predicted octanol–water partition coefficient (Wildman–Crippen LogP) is 1.97. The van der Waals surface area contributed by atoms with Crippen LogP contribution >= 0.6 is 0 Å². The SMILES string of the molecule is CNC(=O)C1=CCC(C)N=C1N1C[C@@H](C)CC1(C)C. The van der Waals surface area contributed by atoms with Crippen molar-refractivity contribution in [3.63, 3.8) is 0 Å². The fourth-order valence-electron chi connectivity index (χ4n) is 3.21. The molecule has 1 fully saturated rings. The zero-order valence-corrected chi connectivity index (χ0v) is 12.7. The first kappa shape index (κ1) is 14.1. The summed E-state index contributed by atoms with van der Waals surface area (Å²) >= 11 is 0. The predicted molar refractivity (Wildman–Crippen MR) is 78.2 cm³/mol. The molecule has 2 atom stereocenters. The third-order valence-corrected chi connectivity index (χ3v) is 4.05. The van der Waals surface area contributed by atoms with Crippen LogP contribution in [0.1, 0.15) is 40.5 Å². The van der Waals surface area contributed by atoms with E-state index < -0.39 is 0 Å². The van der Waals surface area contributed by atoms with Crippen LogP contribution < -0.4 is 5.32 Å². The van der Waals surface area contributed by atoms with Crippen molar-refractivity contribution in [1.82, 2.24) is 10.2 Å². The normalized spacial score (nSPS) is 29.8. The minimum atomic E-state index is -0.0268. The van der Waals surface area contributed by atoms with Crippen LogP contribution in [0.2, 0.25) is 0 Å². The summed E-state index contributed by atoms with van der Waals surface area (Å²) in [6.45, 7) is 9.81. The highest BCUT2D eigenvalue weighted by Gasteiger charge is 2.40. The number of nitrogens with one attached hydrogen (secondary N) is 1. The Kier molecular flexibility index (Phi) is 3.70. The van der Waals surface area contributed by atoms with Gasteiger partial charge in [0, 0.05) is 19.1 Å². The number of amidine groups is 1. The first-order valence-electron chi connectivity index (χ1n) is 7.13. The van der Waals surface area contributed by atoms with Gasteiger partial charge in [-0.3, -0.25) is 9.79 Å². The van der Waals surface area contributed by atoms with E-state index in [1.165, 1.54) is 0 Å². The minimum Gasteiger partial charge on any atom is -0.355 e. The minimum absolute atomic E-state index is 0.0268. The lowest BCUT2D eigenvalue weighted by Gasteiger charge is -2.36. The van der Waals surface area contributed by atoms with Crippen LogP contribution in [-0.2, 0) is 4.79 Å². The van der Waals surface area contributed by atoms with Gasteiger partial charge in [-0.2, -0.15) is 0 Å². The van der Waals surface area contributed by atoms with Crippen LogP contribution in [0.15, 0.2) is 16.6 Å². The van der Waals surface area contributed by atoms with E-state index in [4.69, 9.17) is 4.99 Å². The maximum Gasteiger partial charge on any atom is 0.254 e. The number of carbonyl (C=O) groups is 1. The molecular weight excluding hydrogens is 238 g/mol. The highest BCUT2D eigenvalue weighted by atomic mass is 16.1. The molecule has 1 unspecified atom stereocenters. The Balaban J connectivity index is 2.34. The highest BCUT2D eigenvalue weighted by molar-refractivity contribution is 6.21. The molecule has 4 nitrogen and oxygen atoms in total. The van der Waals surface area contributed by atoms with Gasteiger partial charge in [-0.1, -0.05) is 13.0 Å². The van der Waals surface area contributed by atoms with Crippen molar-refractivity contribution in [3.05, 3.63) is 11.6 Å². The molecule has 4 heteroatoms. The molecule has 0 aromatic rings. The van der Waals surface area contributed by atoms with Crippen LogP contribution in [0.25, 0.3) is 0 Å². The third kappa shape index (κ3) is 2.67. The molecule has 106 valence electrons. The van der Waals surface area contributed by atoms with E-state index in [-0.39, 0.29) is 17.5 Å². The molecule has 0 aliphatic carbocycles. The Morgan fingerprint density at radius 1 is 1.47 bits per heavy atom. The summed E-state index contributed by atoms with van der Waals surface area (Å²) in [5.41, 5.74) is 0.811. The Bertz CT molecular complexity index is 437. The molecule has 1 N–H and O–H groups in total. The quantitative estimate of drug-likeness (QED) is 0.786. The lowest BCUT2D eigenvalue weighted by molar-refractivity contribution is -0.116. The molecule has 2 heterocycles. The largest absolute Gasteiger partial charge is 0.355 e. The maximum absolute atomic E-state index is 12.0. The first-order valence-corrected chi connectivity index (χ1v) is 7.13. The average molecular weight is 263 g/mol. The molecule has 1 amide bonds. The summed E-state index contributed by atoms with van der Waals surface area (Å²) in [7, 11) is 1.68. The average Bonchev–Trinajstić information content (AvgIpc) is 2.61. The fourth-order valence-corrected chi connectivity index (χ4v) is 3.21.